The first kappa shape index (κ1) is 23.8. The van der Waals surface area contributed by atoms with E-state index in [1.54, 1.807) is 31.4 Å². The van der Waals surface area contributed by atoms with Crippen LogP contribution in [-0.4, -0.2) is 50.9 Å². The fourth-order valence-electron chi connectivity index (χ4n) is 4.36. The van der Waals surface area contributed by atoms with Crippen molar-refractivity contribution in [3.05, 3.63) is 89.5 Å². The van der Waals surface area contributed by atoms with Crippen LogP contribution in [0.5, 0.6) is 5.75 Å². The first-order chi connectivity index (χ1) is 17.5. The standard InChI is InChI=1S/C28H26N4O3S/c1-18(2)21-8-6-7-11-24(21)32-25(19-12-14-20(35-3)15-13-19)29-30-28(32)36-17-16-31-26(33)22-9-4-5-10-23(22)27(31)34/h4-15,18H,16-17H2,1-3H3. The van der Waals surface area contributed by atoms with Crippen LogP contribution in [-0.2, 0) is 0 Å². The summed E-state index contributed by atoms with van der Waals surface area (Å²) in [5.74, 6) is 1.78. The number of para-hydroxylation sites is 1. The number of benzene rings is 3. The van der Waals surface area contributed by atoms with Gasteiger partial charge in [-0.1, -0.05) is 55.9 Å². The molecule has 0 radical (unpaired) electrons. The van der Waals surface area contributed by atoms with Crippen LogP contribution in [0.3, 0.4) is 0 Å². The highest BCUT2D eigenvalue weighted by molar-refractivity contribution is 7.99. The molecule has 0 bridgehead atoms. The first-order valence-electron chi connectivity index (χ1n) is 11.8. The number of methoxy groups -OCH3 is 1. The van der Waals surface area contributed by atoms with Crippen LogP contribution in [0.15, 0.2) is 78.0 Å². The highest BCUT2D eigenvalue weighted by atomic mass is 32.2. The second kappa shape index (κ2) is 9.99. The molecule has 2 amide bonds. The van der Waals surface area contributed by atoms with Crippen molar-refractivity contribution in [3.8, 4) is 22.8 Å². The second-order valence-electron chi connectivity index (χ2n) is 8.74. The fraction of sp³-hybridized carbons (Fsp3) is 0.214. The van der Waals surface area contributed by atoms with Crippen molar-refractivity contribution in [3.63, 3.8) is 0 Å². The summed E-state index contributed by atoms with van der Waals surface area (Å²) in [6.45, 7) is 4.60. The van der Waals surface area contributed by atoms with Crippen molar-refractivity contribution in [1.29, 1.82) is 0 Å². The number of ether oxygens (including phenoxy) is 1. The van der Waals surface area contributed by atoms with Crippen LogP contribution >= 0.6 is 11.8 Å². The summed E-state index contributed by atoms with van der Waals surface area (Å²) in [4.78, 5) is 26.8. The summed E-state index contributed by atoms with van der Waals surface area (Å²) in [7, 11) is 1.64. The zero-order valence-corrected chi connectivity index (χ0v) is 21.2. The third-order valence-corrected chi connectivity index (χ3v) is 7.11. The maximum Gasteiger partial charge on any atom is 0.261 e. The summed E-state index contributed by atoms with van der Waals surface area (Å²) in [6.07, 6.45) is 0. The Morgan fingerprint density at radius 2 is 1.50 bits per heavy atom. The van der Waals surface area contributed by atoms with E-state index >= 15 is 0 Å². The van der Waals surface area contributed by atoms with Crippen molar-refractivity contribution in [2.75, 3.05) is 19.4 Å². The molecule has 0 aliphatic carbocycles. The molecule has 1 aromatic heterocycles. The van der Waals surface area contributed by atoms with Gasteiger partial charge in [-0.3, -0.25) is 19.1 Å². The van der Waals surface area contributed by atoms with Crippen molar-refractivity contribution in [2.24, 2.45) is 0 Å². The minimum absolute atomic E-state index is 0.248. The Hall–Kier alpha value is -3.91. The molecule has 0 fully saturated rings. The van der Waals surface area contributed by atoms with Gasteiger partial charge >= 0.3 is 0 Å². The van der Waals surface area contributed by atoms with Gasteiger partial charge in [0.25, 0.3) is 11.8 Å². The molecule has 8 heteroatoms. The number of hydrogen-bond donors (Lipinski definition) is 0. The molecule has 0 unspecified atom stereocenters. The van der Waals surface area contributed by atoms with E-state index in [1.165, 1.54) is 22.2 Å². The Balaban J connectivity index is 1.46. The Bertz CT molecular complexity index is 1390. The van der Waals surface area contributed by atoms with Crippen molar-refractivity contribution < 1.29 is 14.3 Å². The molecule has 0 atom stereocenters. The lowest BCUT2D eigenvalue weighted by Crippen LogP contribution is -2.31. The normalized spacial score (nSPS) is 12.9. The van der Waals surface area contributed by atoms with Gasteiger partial charge in [0.15, 0.2) is 11.0 Å². The molecule has 0 N–H and O–H groups in total. The number of rotatable bonds is 8. The molecule has 1 aliphatic heterocycles. The topological polar surface area (TPSA) is 77.3 Å². The molecule has 0 spiro atoms. The molecule has 7 nitrogen and oxygen atoms in total. The average Bonchev–Trinajstić information content (AvgIpc) is 3.43. The van der Waals surface area contributed by atoms with E-state index in [9.17, 15) is 9.59 Å². The number of carbonyl (C=O) groups excluding carboxylic acids is 2. The maximum absolute atomic E-state index is 12.8. The van der Waals surface area contributed by atoms with Crippen LogP contribution < -0.4 is 4.74 Å². The van der Waals surface area contributed by atoms with Gasteiger partial charge < -0.3 is 4.74 Å². The van der Waals surface area contributed by atoms with E-state index in [4.69, 9.17) is 4.74 Å². The maximum atomic E-state index is 12.8. The number of imide groups is 1. The highest BCUT2D eigenvalue weighted by Gasteiger charge is 2.34. The van der Waals surface area contributed by atoms with Gasteiger partial charge in [-0.25, -0.2) is 0 Å². The Labute approximate surface area is 214 Å². The third kappa shape index (κ3) is 4.28. The average molecular weight is 499 g/mol. The largest absolute Gasteiger partial charge is 0.497 e. The lowest BCUT2D eigenvalue weighted by atomic mass is 10.0. The van der Waals surface area contributed by atoms with E-state index in [2.05, 4.69) is 40.7 Å². The molecule has 36 heavy (non-hydrogen) atoms. The highest BCUT2D eigenvalue weighted by Crippen LogP contribution is 2.33. The molecule has 4 aromatic rings. The second-order valence-corrected chi connectivity index (χ2v) is 9.80. The lowest BCUT2D eigenvalue weighted by molar-refractivity contribution is 0.0664. The van der Waals surface area contributed by atoms with Gasteiger partial charge in [0.1, 0.15) is 5.75 Å². The Morgan fingerprint density at radius 1 is 0.861 bits per heavy atom. The molecule has 1 aliphatic rings. The van der Waals surface area contributed by atoms with E-state index in [0.717, 1.165) is 17.0 Å². The summed E-state index contributed by atoms with van der Waals surface area (Å²) in [5.41, 5.74) is 4.02. The van der Waals surface area contributed by atoms with E-state index in [1.807, 2.05) is 36.4 Å². The third-order valence-electron chi connectivity index (χ3n) is 6.21. The smallest absolute Gasteiger partial charge is 0.261 e. The van der Waals surface area contributed by atoms with Crippen LogP contribution in [0.1, 0.15) is 46.0 Å². The first-order valence-corrected chi connectivity index (χ1v) is 12.7. The van der Waals surface area contributed by atoms with Gasteiger partial charge in [-0.2, -0.15) is 0 Å². The Kier molecular flexibility index (Phi) is 6.61. The monoisotopic (exact) mass is 498 g/mol. The minimum atomic E-state index is -0.248. The number of nitrogens with zero attached hydrogens (tertiary/aromatic N) is 4. The van der Waals surface area contributed by atoms with Gasteiger partial charge in [-0.05, 0) is 53.9 Å². The molecule has 2 heterocycles. The van der Waals surface area contributed by atoms with Crippen molar-refractivity contribution in [2.45, 2.75) is 24.9 Å². The molecule has 0 saturated heterocycles. The molecular formula is C28H26N4O3S. The van der Waals surface area contributed by atoms with E-state index in [-0.39, 0.29) is 18.4 Å². The van der Waals surface area contributed by atoms with Crippen molar-refractivity contribution in [1.82, 2.24) is 19.7 Å². The summed E-state index contributed by atoms with van der Waals surface area (Å²) < 4.78 is 7.37. The molecule has 3 aromatic carbocycles. The van der Waals surface area contributed by atoms with Gasteiger partial charge in [0.2, 0.25) is 0 Å². The molecule has 5 rings (SSSR count). The van der Waals surface area contributed by atoms with Gasteiger partial charge in [-0.15, -0.1) is 10.2 Å². The molecule has 0 saturated carbocycles. The lowest BCUT2D eigenvalue weighted by Gasteiger charge is -2.17. The van der Waals surface area contributed by atoms with E-state index < -0.39 is 0 Å². The minimum Gasteiger partial charge on any atom is -0.497 e. The quantitative estimate of drug-likeness (QED) is 0.237. The SMILES string of the molecule is COc1ccc(-c2nnc(SCCN3C(=O)c4ccccc4C3=O)n2-c2ccccc2C(C)C)cc1. The van der Waals surface area contributed by atoms with Crippen LogP contribution in [0.4, 0.5) is 0 Å². The number of fused-ring (bicyclic) bond motifs is 1. The summed E-state index contributed by atoms with van der Waals surface area (Å²) in [5, 5.41) is 9.74. The van der Waals surface area contributed by atoms with Crippen LogP contribution in [0, 0.1) is 0 Å². The fourth-order valence-corrected chi connectivity index (χ4v) is 5.23. The Morgan fingerprint density at radius 3 is 2.14 bits per heavy atom. The van der Waals surface area contributed by atoms with Crippen molar-refractivity contribution >= 4 is 23.6 Å². The predicted octanol–water partition coefficient (Wildman–Crippen LogP) is 5.45. The van der Waals surface area contributed by atoms with Crippen LogP contribution in [0.25, 0.3) is 17.1 Å². The summed E-state index contributed by atoms with van der Waals surface area (Å²) >= 11 is 1.47. The van der Waals surface area contributed by atoms with E-state index in [0.29, 0.717) is 33.8 Å². The van der Waals surface area contributed by atoms with Gasteiger partial charge in [0.05, 0.1) is 23.9 Å². The number of amides is 2. The number of hydrogen-bond acceptors (Lipinski definition) is 6. The zero-order valence-electron chi connectivity index (χ0n) is 20.3. The number of carbonyl (C=O) groups is 2. The predicted molar refractivity (Wildman–Crippen MR) is 140 cm³/mol. The number of aromatic nitrogens is 3. The molecular weight excluding hydrogens is 472 g/mol. The molecule has 182 valence electrons. The number of thioether (sulfide) groups is 1. The summed E-state index contributed by atoms with van der Waals surface area (Å²) in [6, 6.07) is 22.9. The van der Waals surface area contributed by atoms with Gasteiger partial charge in [0, 0.05) is 17.9 Å². The zero-order chi connectivity index (χ0) is 25.2. The van der Waals surface area contributed by atoms with Crippen LogP contribution in [0.2, 0.25) is 0 Å².